The first kappa shape index (κ1) is 17.9. The number of carbonyl (C=O) groups is 2. The molecule has 0 aromatic heterocycles. The Balaban J connectivity index is 2.39. The van der Waals surface area contributed by atoms with E-state index in [1.807, 2.05) is 0 Å². The van der Waals surface area contributed by atoms with Crippen LogP contribution in [0.2, 0.25) is 0 Å². The fourth-order valence-corrected chi connectivity index (χ4v) is 2.91. The van der Waals surface area contributed by atoms with Crippen LogP contribution in [0.15, 0.2) is 0 Å². The van der Waals surface area contributed by atoms with E-state index < -0.39 is 17.8 Å². The fraction of sp³-hybridized carbons (Fsp3) is 0.857. The Kier molecular flexibility index (Phi) is 8.26. The SMILES string of the molecule is NCCN(CCN)CCNC(=O)C1CCCCC1C(=O)O. The summed E-state index contributed by atoms with van der Waals surface area (Å²) in [6.07, 6.45) is 3.08. The van der Waals surface area contributed by atoms with Gasteiger partial charge in [0.2, 0.25) is 5.91 Å². The molecular weight excluding hydrogens is 272 g/mol. The lowest BCUT2D eigenvalue weighted by molar-refractivity contribution is -0.148. The molecule has 1 rings (SSSR count). The summed E-state index contributed by atoms with van der Waals surface area (Å²) >= 11 is 0. The highest BCUT2D eigenvalue weighted by atomic mass is 16.4. The maximum absolute atomic E-state index is 12.2. The first-order valence-corrected chi connectivity index (χ1v) is 7.73. The zero-order valence-electron chi connectivity index (χ0n) is 12.6. The highest BCUT2D eigenvalue weighted by molar-refractivity contribution is 5.84. The minimum absolute atomic E-state index is 0.137. The molecule has 21 heavy (non-hydrogen) atoms. The van der Waals surface area contributed by atoms with Crippen molar-refractivity contribution >= 4 is 11.9 Å². The molecule has 0 spiro atoms. The van der Waals surface area contributed by atoms with Crippen molar-refractivity contribution in [1.29, 1.82) is 0 Å². The number of carbonyl (C=O) groups excluding carboxylic acids is 1. The van der Waals surface area contributed by atoms with E-state index in [9.17, 15) is 14.7 Å². The van der Waals surface area contributed by atoms with Gasteiger partial charge in [-0.2, -0.15) is 0 Å². The zero-order valence-corrected chi connectivity index (χ0v) is 12.6. The largest absolute Gasteiger partial charge is 0.481 e. The summed E-state index contributed by atoms with van der Waals surface area (Å²) in [4.78, 5) is 25.5. The van der Waals surface area contributed by atoms with Crippen molar-refractivity contribution < 1.29 is 14.7 Å². The second kappa shape index (κ2) is 9.70. The molecule has 6 N–H and O–H groups in total. The Morgan fingerprint density at radius 2 is 1.62 bits per heavy atom. The van der Waals surface area contributed by atoms with Gasteiger partial charge in [0.25, 0.3) is 0 Å². The number of carboxylic acid groups (broad SMARTS) is 1. The van der Waals surface area contributed by atoms with Crippen LogP contribution < -0.4 is 16.8 Å². The molecule has 0 heterocycles. The number of hydrogen-bond donors (Lipinski definition) is 4. The molecule has 122 valence electrons. The number of hydrogen-bond acceptors (Lipinski definition) is 5. The zero-order chi connectivity index (χ0) is 15.7. The lowest BCUT2D eigenvalue weighted by Gasteiger charge is -2.28. The van der Waals surface area contributed by atoms with Gasteiger partial charge in [-0.05, 0) is 12.8 Å². The van der Waals surface area contributed by atoms with Crippen LogP contribution in [0.4, 0.5) is 0 Å². The summed E-state index contributed by atoms with van der Waals surface area (Å²) in [7, 11) is 0. The van der Waals surface area contributed by atoms with Gasteiger partial charge in [0.15, 0.2) is 0 Å². The van der Waals surface area contributed by atoms with Gasteiger partial charge in [0.1, 0.15) is 0 Å². The van der Waals surface area contributed by atoms with E-state index in [-0.39, 0.29) is 5.91 Å². The number of nitrogens with one attached hydrogen (secondary N) is 1. The molecular formula is C14H28N4O3. The third-order valence-corrected chi connectivity index (χ3v) is 4.04. The molecule has 0 radical (unpaired) electrons. The standard InChI is InChI=1S/C14H28N4O3/c15-5-8-18(9-6-16)10-7-17-13(19)11-3-1-2-4-12(11)14(20)21/h11-12H,1-10,15-16H2,(H,17,19)(H,20,21). The molecule has 1 fully saturated rings. The second-order valence-electron chi connectivity index (χ2n) is 5.55. The predicted molar refractivity (Wildman–Crippen MR) is 80.6 cm³/mol. The topological polar surface area (TPSA) is 122 Å². The Bertz CT molecular complexity index is 332. The smallest absolute Gasteiger partial charge is 0.307 e. The van der Waals surface area contributed by atoms with Crippen molar-refractivity contribution in [3.8, 4) is 0 Å². The van der Waals surface area contributed by atoms with E-state index in [1.54, 1.807) is 0 Å². The van der Waals surface area contributed by atoms with E-state index in [0.717, 1.165) is 25.9 Å². The van der Waals surface area contributed by atoms with E-state index in [2.05, 4.69) is 10.2 Å². The second-order valence-corrected chi connectivity index (χ2v) is 5.55. The summed E-state index contributed by atoms with van der Waals surface area (Å²) in [6.45, 7) is 3.78. The number of nitrogens with two attached hydrogens (primary N) is 2. The summed E-state index contributed by atoms with van der Waals surface area (Å²) in [5.41, 5.74) is 11.0. The number of amides is 1. The molecule has 0 aromatic carbocycles. The molecule has 1 amide bonds. The van der Waals surface area contributed by atoms with Gasteiger partial charge < -0.3 is 21.9 Å². The van der Waals surface area contributed by atoms with E-state index in [4.69, 9.17) is 11.5 Å². The quantitative estimate of drug-likeness (QED) is 0.443. The van der Waals surface area contributed by atoms with Crippen molar-refractivity contribution in [1.82, 2.24) is 10.2 Å². The molecule has 7 nitrogen and oxygen atoms in total. The van der Waals surface area contributed by atoms with Gasteiger partial charge in [-0.3, -0.25) is 14.5 Å². The van der Waals surface area contributed by atoms with Crippen LogP contribution in [-0.2, 0) is 9.59 Å². The summed E-state index contributed by atoms with van der Waals surface area (Å²) < 4.78 is 0. The van der Waals surface area contributed by atoms with E-state index >= 15 is 0 Å². The van der Waals surface area contributed by atoms with Gasteiger partial charge in [0, 0.05) is 39.3 Å². The molecule has 1 saturated carbocycles. The normalized spacial score (nSPS) is 22.2. The molecule has 2 unspecified atom stereocenters. The Labute approximate surface area is 126 Å². The number of aliphatic carboxylic acids is 1. The third kappa shape index (κ3) is 5.99. The molecule has 0 saturated heterocycles. The van der Waals surface area contributed by atoms with Crippen molar-refractivity contribution in [2.24, 2.45) is 23.3 Å². The molecule has 7 heteroatoms. The Morgan fingerprint density at radius 1 is 1.05 bits per heavy atom. The van der Waals surface area contributed by atoms with Gasteiger partial charge in [-0.25, -0.2) is 0 Å². The third-order valence-electron chi connectivity index (χ3n) is 4.04. The number of rotatable bonds is 9. The van der Waals surface area contributed by atoms with Gasteiger partial charge >= 0.3 is 5.97 Å². The van der Waals surface area contributed by atoms with Crippen LogP contribution in [0.25, 0.3) is 0 Å². The van der Waals surface area contributed by atoms with Crippen LogP contribution in [0.3, 0.4) is 0 Å². The Morgan fingerprint density at radius 3 is 2.14 bits per heavy atom. The average Bonchev–Trinajstić information content (AvgIpc) is 2.47. The highest BCUT2D eigenvalue weighted by Crippen LogP contribution is 2.30. The van der Waals surface area contributed by atoms with Gasteiger partial charge in [0.05, 0.1) is 11.8 Å². The molecule has 0 aliphatic heterocycles. The van der Waals surface area contributed by atoms with Gasteiger partial charge in [-0.15, -0.1) is 0 Å². The molecule has 1 aliphatic carbocycles. The predicted octanol–water partition coefficient (Wildman–Crippen LogP) is -0.787. The van der Waals surface area contributed by atoms with Gasteiger partial charge in [-0.1, -0.05) is 12.8 Å². The fourth-order valence-electron chi connectivity index (χ4n) is 2.91. The van der Waals surface area contributed by atoms with Crippen LogP contribution in [0, 0.1) is 11.8 Å². The van der Waals surface area contributed by atoms with Crippen molar-refractivity contribution in [3.05, 3.63) is 0 Å². The van der Waals surface area contributed by atoms with Crippen molar-refractivity contribution in [3.63, 3.8) is 0 Å². The number of nitrogens with zero attached hydrogens (tertiary/aromatic N) is 1. The van der Waals surface area contributed by atoms with Crippen molar-refractivity contribution in [2.45, 2.75) is 25.7 Å². The summed E-state index contributed by atoms with van der Waals surface area (Å²) in [5.74, 6) is -1.93. The average molecular weight is 300 g/mol. The molecule has 2 atom stereocenters. The maximum atomic E-state index is 12.2. The number of carboxylic acids is 1. The summed E-state index contributed by atoms with van der Waals surface area (Å²) in [5, 5.41) is 12.1. The van der Waals surface area contributed by atoms with Crippen molar-refractivity contribution in [2.75, 3.05) is 39.3 Å². The van der Waals surface area contributed by atoms with E-state index in [0.29, 0.717) is 39.0 Å². The van der Waals surface area contributed by atoms with Crippen LogP contribution in [-0.4, -0.2) is 61.2 Å². The maximum Gasteiger partial charge on any atom is 0.307 e. The molecule has 1 aliphatic rings. The van der Waals surface area contributed by atoms with E-state index in [1.165, 1.54) is 0 Å². The minimum atomic E-state index is -0.859. The Hall–Kier alpha value is -1.18. The highest BCUT2D eigenvalue weighted by Gasteiger charge is 2.35. The first-order valence-electron chi connectivity index (χ1n) is 7.73. The molecule has 0 aromatic rings. The summed E-state index contributed by atoms with van der Waals surface area (Å²) in [6, 6.07) is 0. The van der Waals surface area contributed by atoms with Crippen LogP contribution >= 0.6 is 0 Å². The first-order chi connectivity index (χ1) is 10.1. The lowest BCUT2D eigenvalue weighted by atomic mass is 9.79. The lowest BCUT2D eigenvalue weighted by Crippen LogP contribution is -2.44. The van der Waals surface area contributed by atoms with Crippen LogP contribution in [0.1, 0.15) is 25.7 Å². The monoisotopic (exact) mass is 300 g/mol. The minimum Gasteiger partial charge on any atom is -0.481 e. The molecule has 0 bridgehead atoms. The van der Waals surface area contributed by atoms with Crippen LogP contribution in [0.5, 0.6) is 0 Å².